The van der Waals surface area contributed by atoms with Crippen molar-refractivity contribution in [2.45, 2.75) is 32.0 Å². The Labute approximate surface area is 96.4 Å². The molecule has 0 amide bonds. The van der Waals surface area contributed by atoms with Crippen LogP contribution < -0.4 is 5.32 Å². The van der Waals surface area contributed by atoms with Crippen LogP contribution in [0.15, 0.2) is 24.3 Å². The monoisotopic (exact) mass is 221 g/mol. The zero-order valence-corrected chi connectivity index (χ0v) is 9.48. The van der Waals surface area contributed by atoms with Crippen molar-refractivity contribution in [2.24, 2.45) is 0 Å². The highest BCUT2D eigenvalue weighted by molar-refractivity contribution is 5.25. The van der Waals surface area contributed by atoms with Gasteiger partial charge in [-0.2, -0.15) is 0 Å². The average molecular weight is 221 g/mol. The summed E-state index contributed by atoms with van der Waals surface area (Å²) >= 11 is 0. The van der Waals surface area contributed by atoms with Crippen LogP contribution in [-0.2, 0) is 11.3 Å². The normalized spacial score (nSPS) is 21.6. The smallest absolute Gasteiger partial charge is 0.115 e. The largest absolute Gasteiger partial charge is 0.508 e. The van der Waals surface area contributed by atoms with E-state index in [1.165, 1.54) is 6.42 Å². The number of phenols is 1. The van der Waals surface area contributed by atoms with Crippen molar-refractivity contribution in [2.75, 3.05) is 13.1 Å². The van der Waals surface area contributed by atoms with E-state index in [4.69, 9.17) is 9.84 Å². The minimum Gasteiger partial charge on any atom is -0.508 e. The minimum absolute atomic E-state index is 0.308. The van der Waals surface area contributed by atoms with Gasteiger partial charge in [-0.1, -0.05) is 12.1 Å². The molecule has 88 valence electrons. The summed E-state index contributed by atoms with van der Waals surface area (Å²) in [6, 6.07) is 7.22. The molecule has 2 N–H and O–H groups in total. The van der Waals surface area contributed by atoms with Crippen LogP contribution in [0.1, 0.15) is 24.8 Å². The molecule has 0 aliphatic carbocycles. The van der Waals surface area contributed by atoms with Crippen LogP contribution in [0.4, 0.5) is 0 Å². The lowest BCUT2D eigenvalue weighted by atomic mass is 10.1. The molecule has 1 unspecified atom stereocenters. The number of rotatable bonds is 3. The second kappa shape index (κ2) is 5.87. The van der Waals surface area contributed by atoms with Crippen molar-refractivity contribution >= 4 is 0 Å². The molecule has 0 bridgehead atoms. The van der Waals surface area contributed by atoms with Crippen LogP contribution in [0.2, 0.25) is 0 Å². The molecule has 1 aromatic carbocycles. The first-order valence-corrected chi connectivity index (χ1v) is 5.95. The lowest BCUT2D eigenvalue weighted by Gasteiger charge is -2.14. The molecule has 16 heavy (non-hydrogen) atoms. The Hall–Kier alpha value is -1.06. The van der Waals surface area contributed by atoms with E-state index >= 15 is 0 Å². The third-order valence-electron chi connectivity index (χ3n) is 2.94. The second-order valence-corrected chi connectivity index (χ2v) is 4.28. The number of hydrogen-bond acceptors (Lipinski definition) is 3. The Balaban J connectivity index is 1.79. The van der Waals surface area contributed by atoms with E-state index in [-0.39, 0.29) is 0 Å². The van der Waals surface area contributed by atoms with E-state index in [0.717, 1.165) is 31.5 Å². The summed E-state index contributed by atoms with van der Waals surface area (Å²) in [4.78, 5) is 0. The molecule has 3 heteroatoms. The molecular formula is C13H19NO2. The predicted molar refractivity (Wildman–Crippen MR) is 63.4 cm³/mol. The predicted octanol–water partition coefficient (Wildman–Crippen LogP) is 2.05. The number of ether oxygens (including phenoxy) is 1. The van der Waals surface area contributed by atoms with Gasteiger partial charge >= 0.3 is 0 Å². The molecule has 1 saturated heterocycles. The fourth-order valence-electron chi connectivity index (χ4n) is 1.96. The minimum atomic E-state index is 0.308. The van der Waals surface area contributed by atoms with Gasteiger partial charge in [0.15, 0.2) is 0 Å². The van der Waals surface area contributed by atoms with Gasteiger partial charge in [0.2, 0.25) is 0 Å². The topological polar surface area (TPSA) is 41.5 Å². The van der Waals surface area contributed by atoms with Crippen LogP contribution >= 0.6 is 0 Å². The van der Waals surface area contributed by atoms with E-state index < -0.39 is 0 Å². The van der Waals surface area contributed by atoms with Gasteiger partial charge in [0.25, 0.3) is 0 Å². The second-order valence-electron chi connectivity index (χ2n) is 4.28. The van der Waals surface area contributed by atoms with E-state index in [0.29, 0.717) is 18.5 Å². The summed E-state index contributed by atoms with van der Waals surface area (Å²) in [6.07, 6.45) is 3.81. The molecule has 0 radical (unpaired) electrons. The highest BCUT2D eigenvalue weighted by Crippen LogP contribution is 2.14. The molecule has 1 aliphatic heterocycles. The maximum Gasteiger partial charge on any atom is 0.115 e. The van der Waals surface area contributed by atoms with Crippen molar-refractivity contribution < 1.29 is 9.84 Å². The van der Waals surface area contributed by atoms with Crippen LogP contribution in [-0.4, -0.2) is 24.3 Å². The molecule has 1 aromatic rings. The Morgan fingerprint density at radius 3 is 2.81 bits per heavy atom. The Kier molecular flexibility index (Phi) is 4.19. The first-order valence-electron chi connectivity index (χ1n) is 5.95. The number of benzene rings is 1. The van der Waals surface area contributed by atoms with Gasteiger partial charge in [-0.05, 0) is 50.0 Å². The standard InChI is InChI=1S/C13H19NO2/c15-12-5-3-11(4-6-12)10-16-13-2-1-8-14-9-7-13/h3-6,13-15H,1-2,7-10H2. The van der Waals surface area contributed by atoms with Crippen LogP contribution in [0.5, 0.6) is 5.75 Å². The highest BCUT2D eigenvalue weighted by atomic mass is 16.5. The van der Waals surface area contributed by atoms with E-state index in [1.54, 1.807) is 12.1 Å². The van der Waals surface area contributed by atoms with Crippen LogP contribution in [0.3, 0.4) is 0 Å². The van der Waals surface area contributed by atoms with Gasteiger partial charge in [-0.3, -0.25) is 0 Å². The number of nitrogens with one attached hydrogen (secondary N) is 1. The quantitative estimate of drug-likeness (QED) is 0.820. The molecule has 1 fully saturated rings. The molecule has 1 aliphatic rings. The van der Waals surface area contributed by atoms with Crippen molar-refractivity contribution in [1.29, 1.82) is 0 Å². The Bertz CT molecular complexity index is 302. The molecule has 0 aromatic heterocycles. The molecule has 2 rings (SSSR count). The van der Waals surface area contributed by atoms with Gasteiger partial charge < -0.3 is 15.2 Å². The van der Waals surface area contributed by atoms with Gasteiger partial charge in [0.05, 0.1) is 12.7 Å². The first-order chi connectivity index (χ1) is 7.84. The average Bonchev–Trinajstić information content (AvgIpc) is 2.57. The fourth-order valence-corrected chi connectivity index (χ4v) is 1.96. The molecule has 3 nitrogen and oxygen atoms in total. The maximum absolute atomic E-state index is 9.16. The number of phenolic OH excluding ortho intramolecular Hbond substituents is 1. The highest BCUT2D eigenvalue weighted by Gasteiger charge is 2.11. The van der Waals surface area contributed by atoms with Gasteiger partial charge in [0, 0.05) is 0 Å². The maximum atomic E-state index is 9.16. The van der Waals surface area contributed by atoms with Crippen molar-refractivity contribution in [3.63, 3.8) is 0 Å². The number of aromatic hydroxyl groups is 1. The van der Waals surface area contributed by atoms with Crippen molar-refractivity contribution in [1.82, 2.24) is 5.32 Å². The zero-order chi connectivity index (χ0) is 11.2. The van der Waals surface area contributed by atoms with Crippen molar-refractivity contribution in [3.05, 3.63) is 29.8 Å². The van der Waals surface area contributed by atoms with Crippen LogP contribution in [0.25, 0.3) is 0 Å². The number of hydrogen-bond donors (Lipinski definition) is 2. The van der Waals surface area contributed by atoms with Crippen molar-refractivity contribution in [3.8, 4) is 5.75 Å². The summed E-state index contributed by atoms with van der Waals surface area (Å²) < 4.78 is 5.87. The third kappa shape index (κ3) is 3.51. The lowest BCUT2D eigenvalue weighted by molar-refractivity contribution is 0.0331. The summed E-state index contributed by atoms with van der Waals surface area (Å²) in [5, 5.41) is 12.5. The zero-order valence-electron chi connectivity index (χ0n) is 9.48. The van der Waals surface area contributed by atoms with E-state index in [9.17, 15) is 0 Å². The summed E-state index contributed by atoms with van der Waals surface area (Å²) in [5.74, 6) is 0.308. The van der Waals surface area contributed by atoms with E-state index in [2.05, 4.69) is 5.32 Å². The lowest BCUT2D eigenvalue weighted by Crippen LogP contribution is -2.17. The molecular weight excluding hydrogens is 202 g/mol. The van der Waals surface area contributed by atoms with Gasteiger partial charge in [-0.25, -0.2) is 0 Å². The summed E-state index contributed by atoms with van der Waals surface area (Å²) in [5.41, 5.74) is 1.12. The Morgan fingerprint density at radius 2 is 2.00 bits per heavy atom. The molecule has 0 saturated carbocycles. The van der Waals surface area contributed by atoms with Gasteiger partial charge in [-0.15, -0.1) is 0 Å². The molecule has 0 spiro atoms. The summed E-state index contributed by atoms with van der Waals surface area (Å²) in [7, 11) is 0. The molecule has 1 heterocycles. The van der Waals surface area contributed by atoms with Crippen LogP contribution in [0, 0.1) is 0 Å². The summed E-state index contributed by atoms with van der Waals surface area (Å²) in [6.45, 7) is 2.81. The molecule has 1 atom stereocenters. The SMILES string of the molecule is Oc1ccc(COC2CCCNCC2)cc1. The first kappa shape index (κ1) is 11.4. The fraction of sp³-hybridized carbons (Fsp3) is 0.538. The Morgan fingerprint density at radius 1 is 1.19 bits per heavy atom. The van der Waals surface area contributed by atoms with Gasteiger partial charge in [0.1, 0.15) is 5.75 Å². The van der Waals surface area contributed by atoms with E-state index in [1.807, 2.05) is 12.1 Å². The third-order valence-corrected chi connectivity index (χ3v) is 2.94.